The minimum Gasteiger partial charge on any atom is -0.469 e. The van der Waals surface area contributed by atoms with Gasteiger partial charge in [0, 0.05) is 12.3 Å². The molecular weight excluding hydrogens is 216 g/mol. The number of carbonyl (C=O) groups is 2. The summed E-state index contributed by atoms with van der Waals surface area (Å²) in [5, 5.41) is 0. The van der Waals surface area contributed by atoms with E-state index in [0.717, 1.165) is 44.9 Å². The number of methoxy groups -OCH3 is 1. The molecule has 3 nitrogen and oxygen atoms in total. The summed E-state index contributed by atoms with van der Waals surface area (Å²) in [7, 11) is 1.42. The van der Waals surface area contributed by atoms with Gasteiger partial charge in [-0.25, -0.2) is 0 Å². The molecule has 0 aliphatic heterocycles. The van der Waals surface area contributed by atoms with Gasteiger partial charge in [-0.2, -0.15) is 0 Å². The Morgan fingerprint density at radius 2 is 1.71 bits per heavy atom. The van der Waals surface area contributed by atoms with Gasteiger partial charge in [-0.1, -0.05) is 32.6 Å². The first-order valence-electron chi connectivity index (χ1n) is 6.69. The van der Waals surface area contributed by atoms with Crippen LogP contribution in [0.4, 0.5) is 0 Å². The quantitative estimate of drug-likeness (QED) is 0.435. The van der Waals surface area contributed by atoms with E-state index in [9.17, 15) is 9.59 Å². The average molecular weight is 242 g/mol. The first-order valence-corrected chi connectivity index (χ1v) is 6.69. The summed E-state index contributed by atoms with van der Waals surface area (Å²) < 4.78 is 4.58. The zero-order chi connectivity index (χ0) is 13.1. The van der Waals surface area contributed by atoms with Crippen LogP contribution in [-0.2, 0) is 14.3 Å². The Bertz CT molecular complexity index is 224. The molecule has 0 N–H and O–H groups in total. The minimum atomic E-state index is -0.140. The molecule has 0 heterocycles. The molecule has 3 heteroatoms. The molecule has 0 aromatic rings. The van der Waals surface area contributed by atoms with E-state index in [1.54, 1.807) is 6.92 Å². The largest absolute Gasteiger partial charge is 0.469 e. The summed E-state index contributed by atoms with van der Waals surface area (Å²) in [6.07, 6.45) is 7.66. The van der Waals surface area contributed by atoms with Gasteiger partial charge in [0.25, 0.3) is 0 Å². The highest BCUT2D eigenvalue weighted by Crippen LogP contribution is 2.18. The minimum absolute atomic E-state index is 0.140. The summed E-state index contributed by atoms with van der Waals surface area (Å²) in [6, 6.07) is 0. The summed E-state index contributed by atoms with van der Waals surface area (Å²) in [5.74, 6) is 0.401. The van der Waals surface area contributed by atoms with Crippen molar-refractivity contribution in [1.29, 1.82) is 0 Å². The van der Waals surface area contributed by atoms with Gasteiger partial charge < -0.3 is 4.74 Å². The number of ketones is 1. The van der Waals surface area contributed by atoms with Gasteiger partial charge in [0.2, 0.25) is 0 Å². The highest BCUT2D eigenvalue weighted by molar-refractivity contribution is 5.78. The van der Waals surface area contributed by atoms with E-state index in [0.29, 0.717) is 12.2 Å². The molecule has 17 heavy (non-hydrogen) atoms. The van der Waals surface area contributed by atoms with Gasteiger partial charge in [-0.15, -0.1) is 0 Å². The highest BCUT2D eigenvalue weighted by atomic mass is 16.5. The van der Waals surface area contributed by atoms with Crippen molar-refractivity contribution in [2.45, 2.75) is 65.2 Å². The Morgan fingerprint density at radius 1 is 1.06 bits per heavy atom. The molecule has 0 radical (unpaired) electrons. The first kappa shape index (κ1) is 16.1. The number of hydrogen-bond acceptors (Lipinski definition) is 3. The molecule has 0 aromatic carbocycles. The zero-order valence-electron chi connectivity index (χ0n) is 11.5. The van der Waals surface area contributed by atoms with Crippen molar-refractivity contribution in [2.24, 2.45) is 5.92 Å². The number of rotatable bonds is 10. The van der Waals surface area contributed by atoms with Gasteiger partial charge in [0.05, 0.1) is 7.11 Å². The van der Waals surface area contributed by atoms with E-state index in [4.69, 9.17) is 0 Å². The summed E-state index contributed by atoms with van der Waals surface area (Å²) in [6.45, 7) is 3.84. The Balaban J connectivity index is 3.61. The summed E-state index contributed by atoms with van der Waals surface area (Å²) in [4.78, 5) is 22.3. The Hall–Kier alpha value is -0.860. The molecule has 0 saturated heterocycles. The molecule has 0 spiro atoms. The van der Waals surface area contributed by atoms with E-state index in [1.807, 2.05) is 0 Å². The van der Waals surface area contributed by atoms with Crippen LogP contribution < -0.4 is 0 Å². The third kappa shape index (κ3) is 8.90. The molecule has 0 saturated carbocycles. The van der Waals surface area contributed by atoms with Crippen LogP contribution in [0.3, 0.4) is 0 Å². The van der Waals surface area contributed by atoms with Crippen molar-refractivity contribution >= 4 is 11.8 Å². The maximum Gasteiger partial charge on any atom is 0.305 e. The Labute approximate surface area is 105 Å². The maximum absolute atomic E-state index is 11.4. The third-order valence-electron chi connectivity index (χ3n) is 3.14. The number of carbonyl (C=O) groups excluding carboxylic acids is 2. The molecule has 0 amide bonds. The fraction of sp³-hybridized carbons (Fsp3) is 0.857. The van der Waals surface area contributed by atoms with E-state index in [2.05, 4.69) is 11.7 Å². The van der Waals surface area contributed by atoms with Gasteiger partial charge in [-0.05, 0) is 26.2 Å². The molecular formula is C14H26O3. The fourth-order valence-electron chi connectivity index (χ4n) is 1.94. The second kappa shape index (κ2) is 10.3. The molecule has 1 atom stereocenters. The van der Waals surface area contributed by atoms with E-state index >= 15 is 0 Å². The van der Waals surface area contributed by atoms with Crippen molar-refractivity contribution in [3.8, 4) is 0 Å². The third-order valence-corrected chi connectivity index (χ3v) is 3.14. The number of esters is 1. The van der Waals surface area contributed by atoms with Crippen molar-refractivity contribution in [1.82, 2.24) is 0 Å². The van der Waals surface area contributed by atoms with Crippen LogP contribution in [0.5, 0.6) is 0 Å². The second-order valence-electron chi connectivity index (χ2n) is 4.63. The van der Waals surface area contributed by atoms with Crippen LogP contribution in [0.2, 0.25) is 0 Å². The fourth-order valence-corrected chi connectivity index (χ4v) is 1.94. The van der Waals surface area contributed by atoms with Crippen molar-refractivity contribution in [2.75, 3.05) is 7.11 Å². The standard InChI is InChI=1S/C14H26O3/c1-4-5-9-13(12(2)15)10-7-6-8-11-14(16)17-3/h13H,4-11H2,1-3H3. The first-order chi connectivity index (χ1) is 8.11. The molecule has 0 aliphatic carbocycles. The Morgan fingerprint density at radius 3 is 2.24 bits per heavy atom. The number of ether oxygens (including phenoxy) is 1. The van der Waals surface area contributed by atoms with Crippen LogP contribution in [0.1, 0.15) is 65.2 Å². The van der Waals surface area contributed by atoms with Crippen LogP contribution in [-0.4, -0.2) is 18.9 Å². The molecule has 0 aromatic heterocycles. The maximum atomic E-state index is 11.4. The number of unbranched alkanes of at least 4 members (excludes halogenated alkanes) is 3. The van der Waals surface area contributed by atoms with Crippen LogP contribution in [0, 0.1) is 5.92 Å². The molecule has 1 unspecified atom stereocenters. The highest BCUT2D eigenvalue weighted by Gasteiger charge is 2.12. The van der Waals surface area contributed by atoms with Gasteiger partial charge in [-0.3, -0.25) is 9.59 Å². The second-order valence-corrected chi connectivity index (χ2v) is 4.63. The smallest absolute Gasteiger partial charge is 0.305 e. The SMILES string of the molecule is CCCCC(CCCCCC(=O)OC)C(C)=O. The molecule has 0 rings (SSSR count). The van der Waals surface area contributed by atoms with Crippen molar-refractivity contribution in [3.63, 3.8) is 0 Å². The lowest BCUT2D eigenvalue weighted by atomic mass is 9.92. The number of hydrogen-bond donors (Lipinski definition) is 0. The predicted molar refractivity (Wildman–Crippen MR) is 68.8 cm³/mol. The molecule has 0 aliphatic rings. The normalized spacial score (nSPS) is 12.2. The lowest BCUT2D eigenvalue weighted by molar-refractivity contribution is -0.140. The lowest BCUT2D eigenvalue weighted by Crippen LogP contribution is -2.10. The molecule has 0 bridgehead atoms. The Kier molecular flexibility index (Phi) is 9.78. The van der Waals surface area contributed by atoms with Gasteiger partial charge in [0.15, 0.2) is 0 Å². The molecule has 0 fully saturated rings. The van der Waals surface area contributed by atoms with Crippen molar-refractivity contribution < 1.29 is 14.3 Å². The van der Waals surface area contributed by atoms with Crippen LogP contribution in [0.15, 0.2) is 0 Å². The summed E-state index contributed by atoms with van der Waals surface area (Å²) >= 11 is 0. The van der Waals surface area contributed by atoms with Crippen LogP contribution in [0.25, 0.3) is 0 Å². The van der Waals surface area contributed by atoms with Gasteiger partial charge >= 0.3 is 5.97 Å². The number of Topliss-reactive ketones (excluding diaryl/α,β-unsaturated/α-hetero) is 1. The topological polar surface area (TPSA) is 43.4 Å². The van der Waals surface area contributed by atoms with Crippen molar-refractivity contribution in [3.05, 3.63) is 0 Å². The molecule has 100 valence electrons. The van der Waals surface area contributed by atoms with E-state index in [1.165, 1.54) is 7.11 Å². The average Bonchev–Trinajstić information content (AvgIpc) is 2.31. The monoisotopic (exact) mass is 242 g/mol. The predicted octanol–water partition coefficient (Wildman–Crippen LogP) is 3.51. The van der Waals surface area contributed by atoms with E-state index in [-0.39, 0.29) is 11.9 Å². The van der Waals surface area contributed by atoms with Gasteiger partial charge in [0.1, 0.15) is 5.78 Å². The zero-order valence-corrected chi connectivity index (χ0v) is 11.5. The summed E-state index contributed by atoms with van der Waals surface area (Å²) in [5.41, 5.74) is 0. The van der Waals surface area contributed by atoms with Crippen LogP contribution >= 0.6 is 0 Å². The van der Waals surface area contributed by atoms with E-state index < -0.39 is 0 Å². The lowest BCUT2D eigenvalue weighted by Gasteiger charge is -2.12.